The molecule has 2 fully saturated rings. The second-order valence-corrected chi connectivity index (χ2v) is 10.2. The second kappa shape index (κ2) is 10.4. The van der Waals surface area contributed by atoms with Crippen molar-refractivity contribution in [3.8, 4) is 5.75 Å². The molecular formula is C25H37N3O5. The number of hydrogen-bond acceptors (Lipinski definition) is 5. The fourth-order valence-electron chi connectivity index (χ4n) is 4.30. The van der Waals surface area contributed by atoms with E-state index in [1.54, 1.807) is 44.7 Å². The van der Waals surface area contributed by atoms with Crippen LogP contribution in [0.3, 0.4) is 0 Å². The standard InChI is InChI=1S/C25H37N3O5/c1-16(26-24(32)33-25(2,3)4)23(31)28(19-13-14-19)21(17-9-8-12-20(29)15-17)22(30)27-18-10-6-5-7-11-18/h8-9,12,15-16,18-19,21,29H,5-7,10-11,13-14H2,1-4H3,(H,26,32)(H,27,30). The molecule has 182 valence electrons. The zero-order chi connectivity index (χ0) is 24.2. The molecule has 0 aliphatic heterocycles. The predicted octanol–water partition coefficient (Wildman–Crippen LogP) is 3.79. The molecule has 2 unspecified atom stereocenters. The minimum Gasteiger partial charge on any atom is -0.508 e. The van der Waals surface area contributed by atoms with E-state index < -0.39 is 23.8 Å². The zero-order valence-corrected chi connectivity index (χ0v) is 20.1. The van der Waals surface area contributed by atoms with Gasteiger partial charge in [0.1, 0.15) is 23.4 Å². The van der Waals surface area contributed by atoms with Crippen molar-refractivity contribution in [2.24, 2.45) is 0 Å². The van der Waals surface area contributed by atoms with Crippen LogP contribution in [0.15, 0.2) is 24.3 Å². The first-order chi connectivity index (χ1) is 15.5. The topological polar surface area (TPSA) is 108 Å². The highest BCUT2D eigenvalue weighted by Crippen LogP contribution is 2.36. The minimum atomic E-state index is -0.887. The molecule has 8 nitrogen and oxygen atoms in total. The number of phenolic OH excluding ortho intramolecular Hbond substituents is 1. The molecule has 0 saturated heterocycles. The number of phenols is 1. The number of amides is 3. The van der Waals surface area contributed by atoms with Gasteiger partial charge in [0.2, 0.25) is 11.8 Å². The van der Waals surface area contributed by atoms with Gasteiger partial charge in [0, 0.05) is 12.1 Å². The first kappa shape index (κ1) is 24.9. The Balaban J connectivity index is 1.84. The Bertz CT molecular complexity index is 856. The number of alkyl carbamates (subject to hydrolysis) is 1. The number of nitrogens with one attached hydrogen (secondary N) is 2. The lowest BCUT2D eigenvalue weighted by Crippen LogP contribution is -2.53. The molecule has 3 rings (SSSR count). The van der Waals surface area contributed by atoms with E-state index in [0.717, 1.165) is 38.5 Å². The van der Waals surface area contributed by atoms with Gasteiger partial charge in [-0.05, 0) is 71.1 Å². The van der Waals surface area contributed by atoms with Gasteiger partial charge in [-0.15, -0.1) is 0 Å². The monoisotopic (exact) mass is 459 g/mol. The van der Waals surface area contributed by atoms with Gasteiger partial charge in [-0.2, -0.15) is 0 Å². The number of nitrogens with zero attached hydrogens (tertiary/aromatic N) is 1. The second-order valence-electron chi connectivity index (χ2n) is 10.2. The average molecular weight is 460 g/mol. The molecule has 2 aliphatic carbocycles. The summed E-state index contributed by atoms with van der Waals surface area (Å²) in [6.07, 6.45) is 6.06. The number of rotatable bonds is 7. The minimum absolute atomic E-state index is 0.0334. The van der Waals surface area contributed by atoms with E-state index in [1.807, 2.05) is 0 Å². The summed E-state index contributed by atoms with van der Waals surface area (Å²) in [5, 5.41) is 15.8. The summed E-state index contributed by atoms with van der Waals surface area (Å²) in [6.45, 7) is 6.86. The lowest BCUT2D eigenvalue weighted by atomic mass is 9.94. The fourth-order valence-corrected chi connectivity index (χ4v) is 4.30. The number of ether oxygens (including phenoxy) is 1. The first-order valence-electron chi connectivity index (χ1n) is 12.0. The van der Waals surface area contributed by atoms with Gasteiger partial charge in [0.05, 0.1) is 0 Å². The highest BCUT2D eigenvalue weighted by atomic mass is 16.6. The van der Waals surface area contributed by atoms with Gasteiger partial charge in [0.25, 0.3) is 0 Å². The van der Waals surface area contributed by atoms with Crippen LogP contribution in [-0.4, -0.2) is 51.6 Å². The zero-order valence-electron chi connectivity index (χ0n) is 20.1. The van der Waals surface area contributed by atoms with E-state index in [1.165, 1.54) is 18.6 Å². The molecule has 3 amide bonds. The summed E-state index contributed by atoms with van der Waals surface area (Å²) in [7, 11) is 0. The van der Waals surface area contributed by atoms with Crippen LogP contribution < -0.4 is 10.6 Å². The third-order valence-electron chi connectivity index (χ3n) is 5.96. The average Bonchev–Trinajstić information content (AvgIpc) is 3.55. The van der Waals surface area contributed by atoms with Gasteiger partial charge < -0.3 is 25.4 Å². The van der Waals surface area contributed by atoms with Crippen molar-refractivity contribution in [2.75, 3.05) is 0 Å². The van der Waals surface area contributed by atoms with E-state index in [4.69, 9.17) is 4.74 Å². The van der Waals surface area contributed by atoms with Crippen LogP contribution in [0.4, 0.5) is 4.79 Å². The molecule has 3 N–H and O–H groups in total. The van der Waals surface area contributed by atoms with Crippen LogP contribution in [0.25, 0.3) is 0 Å². The molecule has 0 bridgehead atoms. The highest BCUT2D eigenvalue weighted by molar-refractivity contribution is 5.92. The molecule has 0 radical (unpaired) electrons. The Labute approximate surface area is 196 Å². The van der Waals surface area contributed by atoms with Crippen LogP contribution in [0.2, 0.25) is 0 Å². The molecule has 2 atom stereocenters. The summed E-state index contributed by atoms with van der Waals surface area (Å²) in [6, 6.07) is 4.71. The molecule has 0 heterocycles. The van der Waals surface area contributed by atoms with E-state index in [9.17, 15) is 19.5 Å². The van der Waals surface area contributed by atoms with Crippen LogP contribution in [0.1, 0.15) is 84.2 Å². The molecule has 1 aromatic rings. The first-order valence-corrected chi connectivity index (χ1v) is 12.0. The Morgan fingerprint density at radius 3 is 2.33 bits per heavy atom. The van der Waals surface area contributed by atoms with Gasteiger partial charge >= 0.3 is 6.09 Å². The molecule has 0 spiro atoms. The maximum atomic E-state index is 13.5. The number of carbonyl (C=O) groups excluding carboxylic acids is 3. The molecule has 2 aliphatic rings. The Kier molecular flexibility index (Phi) is 7.87. The summed E-state index contributed by atoms with van der Waals surface area (Å²) in [4.78, 5) is 40.9. The van der Waals surface area contributed by atoms with Gasteiger partial charge in [-0.25, -0.2) is 4.79 Å². The third kappa shape index (κ3) is 7.11. The normalized spacial score (nSPS) is 18.7. The number of carbonyl (C=O) groups is 3. The van der Waals surface area contributed by atoms with Crippen molar-refractivity contribution in [3.05, 3.63) is 29.8 Å². The van der Waals surface area contributed by atoms with Gasteiger partial charge in [-0.3, -0.25) is 9.59 Å². The van der Waals surface area contributed by atoms with E-state index >= 15 is 0 Å². The van der Waals surface area contributed by atoms with Gasteiger partial charge in [-0.1, -0.05) is 31.4 Å². The summed E-state index contributed by atoms with van der Waals surface area (Å²) < 4.78 is 5.29. The maximum Gasteiger partial charge on any atom is 0.408 e. The molecular weight excluding hydrogens is 422 g/mol. The number of aromatic hydroxyl groups is 1. The lowest BCUT2D eigenvalue weighted by molar-refractivity contribution is -0.143. The van der Waals surface area contributed by atoms with E-state index in [0.29, 0.717) is 5.56 Å². The molecule has 0 aromatic heterocycles. The Morgan fingerprint density at radius 2 is 1.76 bits per heavy atom. The molecule has 8 heteroatoms. The van der Waals surface area contributed by atoms with Crippen molar-refractivity contribution < 1.29 is 24.2 Å². The Morgan fingerprint density at radius 1 is 1.09 bits per heavy atom. The maximum absolute atomic E-state index is 13.5. The fraction of sp³-hybridized carbons (Fsp3) is 0.640. The molecule has 1 aromatic carbocycles. The van der Waals surface area contributed by atoms with E-state index in [2.05, 4.69) is 10.6 Å². The van der Waals surface area contributed by atoms with Crippen molar-refractivity contribution >= 4 is 17.9 Å². The third-order valence-corrected chi connectivity index (χ3v) is 5.96. The lowest BCUT2D eigenvalue weighted by Gasteiger charge is -2.35. The summed E-state index contributed by atoms with van der Waals surface area (Å²) in [5.41, 5.74) is -0.138. The van der Waals surface area contributed by atoms with Crippen LogP contribution >= 0.6 is 0 Å². The highest BCUT2D eigenvalue weighted by Gasteiger charge is 2.43. The quantitative estimate of drug-likeness (QED) is 0.575. The number of benzene rings is 1. The summed E-state index contributed by atoms with van der Waals surface area (Å²) in [5.74, 6) is -0.571. The SMILES string of the molecule is CC(NC(=O)OC(C)(C)C)C(=O)N(C1CC1)C(C(=O)NC1CCCCC1)c1cccc(O)c1. The smallest absolute Gasteiger partial charge is 0.408 e. The van der Waals surface area contributed by atoms with Crippen molar-refractivity contribution in [1.29, 1.82) is 0 Å². The van der Waals surface area contributed by atoms with Crippen LogP contribution in [0.5, 0.6) is 5.75 Å². The van der Waals surface area contributed by atoms with Crippen LogP contribution in [-0.2, 0) is 14.3 Å². The van der Waals surface area contributed by atoms with E-state index in [-0.39, 0.29) is 29.6 Å². The van der Waals surface area contributed by atoms with Crippen LogP contribution in [0, 0.1) is 0 Å². The van der Waals surface area contributed by atoms with Crippen molar-refractivity contribution in [2.45, 2.75) is 102 Å². The van der Waals surface area contributed by atoms with Crippen molar-refractivity contribution in [1.82, 2.24) is 15.5 Å². The molecule has 33 heavy (non-hydrogen) atoms. The predicted molar refractivity (Wildman–Crippen MR) is 125 cm³/mol. The largest absolute Gasteiger partial charge is 0.508 e. The molecule has 2 saturated carbocycles. The van der Waals surface area contributed by atoms with Gasteiger partial charge in [0.15, 0.2) is 0 Å². The summed E-state index contributed by atoms with van der Waals surface area (Å²) >= 11 is 0. The Hall–Kier alpha value is -2.77. The number of hydrogen-bond donors (Lipinski definition) is 3. The van der Waals surface area contributed by atoms with Crippen molar-refractivity contribution in [3.63, 3.8) is 0 Å².